The van der Waals surface area contributed by atoms with Crippen LogP contribution in [0, 0.1) is 6.92 Å². The minimum atomic E-state index is -0.256. The molecule has 0 saturated carbocycles. The Labute approximate surface area is 113 Å². The lowest BCUT2D eigenvalue weighted by Gasteiger charge is -1.98. The van der Waals surface area contributed by atoms with E-state index in [0.717, 1.165) is 5.56 Å². The topological polar surface area (TPSA) is 105 Å². The van der Waals surface area contributed by atoms with E-state index in [-0.39, 0.29) is 23.2 Å². The summed E-state index contributed by atoms with van der Waals surface area (Å²) < 4.78 is 5.10. The highest BCUT2D eigenvalue weighted by molar-refractivity contribution is 5.60. The number of phenolic OH excluding ortho intramolecular Hbond substituents is 2. The highest BCUT2D eigenvalue weighted by Gasteiger charge is 2.13. The Morgan fingerprint density at radius 2 is 1.75 bits per heavy atom. The summed E-state index contributed by atoms with van der Waals surface area (Å²) in [5, 5.41) is 22.5. The molecular weight excluding hydrogens is 260 g/mol. The van der Waals surface area contributed by atoms with Gasteiger partial charge in [-0.2, -0.15) is 4.98 Å². The Balaban J connectivity index is 1.97. The smallest absolute Gasteiger partial charge is 0.258 e. The summed E-state index contributed by atoms with van der Waals surface area (Å²) in [5.41, 5.74) is 1.42. The molecule has 0 fully saturated rings. The first kappa shape index (κ1) is 12.1. The molecule has 0 spiro atoms. The highest BCUT2D eigenvalue weighted by atomic mass is 16.5. The molecule has 2 N–H and O–H groups in total. The molecule has 100 valence electrons. The van der Waals surface area contributed by atoms with Crippen molar-refractivity contribution in [3.8, 4) is 34.6 Å². The van der Waals surface area contributed by atoms with Crippen molar-refractivity contribution in [2.45, 2.75) is 6.92 Å². The van der Waals surface area contributed by atoms with E-state index in [1.54, 1.807) is 18.5 Å². The van der Waals surface area contributed by atoms with Crippen LogP contribution in [0.1, 0.15) is 5.56 Å². The normalized spacial score (nSPS) is 10.7. The average molecular weight is 270 g/mol. The van der Waals surface area contributed by atoms with E-state index < -0.39 is 0 Å². The van der Waals surface area contributed by atoms with Crippen molar-refractivity contribution in [3.63, 3.8) is 0 Å². The minimum absolute atomic E-state index is 0.208. The summed E-state index contributed by atoms with van der Waals surface area (Å²) in [7, 11) is 0. The summed E-state index contributed by atoms with van der Waals surface area (Å²) in [4.78, 5) is 12.4. The molecule has 0 aliphatic rings. The molecule has 0 aliphatic heterocycles. The molecule has 3 rings (SSSR count). The van der Waals surface area contributed by atoms with Crippen LogP contribution in [-0.4, -0.2) is 30.3 Å². The SMILES string of the molecule is Cc1cnc(-c2noc(-c3ccc(O)c(O)c3)n2)nc1. The lowest BCUT2D eigenvalue weighted by Crippen LogP contribution is -1.90. The van der Waals surface area contributed by atoms with E-state index >= 15 is 0 Å². The third-order valence-electron chi connectivity index (χ3n) is 2.63. The molecule has 0 amide bonds. The van der Waals surface area contributed by atoms with Crippen LogP contribution in [0.5, 0.6) is 11.5 Å². The molecule has 20 heavy (non-hydrogen) atoms. The Morgan fingerprint density at radius 3 is 2.45 bits per heavy atom. The van der Waals surface area contributed by atoms with E-state index in [2.05, 4.69) is 20.1 Å². The zero-order chi connectivity index (χ0) is 14.1. The van der Waals surface area contributed by atoms with Crippen LogP contribution in [0.15, 0.2) is 35.1 Å². The highest BCUT2D eigenvalue weighted by Crippen LogP contribution is 2.30. The Kier molecular flexibility index (Phi) is 2.79. The first-order valence-electron chi connectivity index (χ1n) is 5.78. The van der Waals surface area contributed by atoms with Crippen LogP contribution >= 0.6 is 0 Å². The number of hydrogen-bond acceptors (Lipinski definition) is 7. The first-order valence-corrected chi connectivity index (χ1v) is 5.78. The standard InChI is InChI=1S/C13H10N4O3/c1-7-5-14-11(15-6-7)12-16-13(20-17-12)8-2-3-9(18)10(19)4-8/h2-6,18-19H,1H3. The third-order valence-corrected chi connectivity index (χ3v) is 2.63. The van der Waals surface area contributed by atoms with Crippen LogP contribution in [-0.2, 0) is 0 Å². The van der Waals surface area contributed by atoms with Gasteiger partial charge >= 0.3 is 0 Å². The molecular formula is C13H10N4O3. The number of hydrogen-bond donors (Lipinski definition) is 2. The van der Waals surface area contributed by atoms with Gasteiger partial charge in [0, 0.05) is 18.0 Å². The van der Waals surface area contributed by atoms with Crippen LogP contribution < -0.4 is 0 Å². The van der Waals surface area contributed by atoms with E-state index in [1.165, 1.54) is 12.1 Å². The Hall–Kier alpha value is -2.96. The monoisotopic (exact) mass is 270 g/mol. The number of phenols is 2. The van der Waals surface area contributed by atoms with Gasteiger partial charge in [-0.3, -0.25) is 0 Å². The van der Waals surface area contributed by atoms with Crippen LogP contribution in [0.3, 0.4) is 0 Å². The summed E-state index contributed by atoms with van der Waals surface area (Å²) in [6, 6.07) is 4.24. The lowest BCUT2D eigenvalue weighted by molar-refractivity contribution is 0.402. The van der Waals surface area contributed by atoms with E-state index in [1.807, 2.05) is 6.92 Å². The van der Waals surface area contributed by atoms with Gasteiger partial charge in [-0.15, -0.1) is 0 Å². The second kappa shape index (κ2) is 4.61. The first-order chi connectivity index (χ1) is 9.63. The number of aromatic hydroxyl groups is 2. The maximum atomic E-state index is 9.45. The second-order valence-electron chi connectivity index (χ2n) is 4.21. The molecule has 3 aromatic rings. The molecule has 2 aromatic heterocycles. The lowest BCUT2D eigenvalue weighted by atomic mass is 10.2. The fraction of sp³-hybridized carbons (Fsp3) is 0.0769. The number of benzene rings is 1. The Morgan fingerprint density at radius 1 is 1.00 bits per heavy atom. The summed E-state index contributed by atoms with van der Waals surface area (Å²) in [6.07, 6.45) is 3.31. The zero-order valence-electron chi connectivity index (χ0n) is 10.5. The predicted molar refractivity (Wildman–Crippen MR) is 68.8 cm³/mol. The molecule has 0 atom stereocenters. The van der Waals surface area contributed by atoms with Crippen LogP contribution in [0.25, 0.3) is 23.1 Å². The summed E-state index contributed by atoms with van der Waals surface area (Å²) >= 11 is 0. The van der Waals surface area contributed by atoms with Crippen molar-refractivity contribution in [3.05, 3.63) is 36.2 Å². The van der Waals surface area contributed by atoms with Crippen LogP contribution in [0.4, 0.5) is 0 Å². The summed E-state index contributed by atoms with van der Waals surface area (Å²) in [5.74, 6) is 0.352. The van der Waals surface area contributed by atoms with Gasteiger partial charge in [-0.05, 0) is 30.7 Å². The van der Waals surface area contributed by atoms with Crippen molar-refractivity contribution in [2.24, 2.45) is 0 Å². The quantitative estimate of drug-likeness (QED) is 0.685. The second-order valence-corrected chi connectivity index (χ2v) is 4.21. The molecule has 7 heteroatoms. The van der Waals surface area contributed by atoms with Gasteiger partial charge in [0.25, 0.3) is 5.89 Å². The van der Waals surface area contributed by atoms with E-state index in [0.29, 0.717) is 11.4 Å². The van der Waals surface area contributed by atoms with Crippen LogP contribution in [0.2, 0.25) is 0 Å². The van der Waals surface area contributed by atoms with Gasteiger partial charge < -0.3 is 14.7 Å². The number of nitrogens with zero attached hydrogens (tertiary/aromatic N) is 4. The maximum Gasteiger partial charge on any atom is 0.258 e. The summed E-state index contributed by atoms with van der Waals surface area (Å²) in [6.45, 7) is 1.88. The fourth-order valence-electron chi connectivity index (χ4n) is 1.60. The van der Waals surface area contributed by atoms with Gasteiger partial charge in [0.15, 0.2) is 11.5 Å². The fourth-order valence-corrected chi connectivity index (χ4v) is 1.60. The third kappa shape index (κ3) is 2.16. The predicted octanol–water partition coefficient (Wildman–Crippen LogP) is 1.91. The minimum Gasteiger partial charge on any atom is -0.504 e. The maximum absolute atomic E-state index is 9.45. The average Bonchev–Trinajstić information content (AvgIpc) is 2.92. The van der Waals surface area contributed by atoms with Gasteiger partial charge in [0.2, 0.25) is 11.6 Å². The molecule has 7 nitrogen and oxygen atoms in total. The van der Waals surface area contributed by atoms with Crippen molar-refractivity contribution in [1.82, 2.24) is 20.1 Å². The van der Waals surface area contributed by atoms with E-state index in [9.17, 15) is 10.2 Å². The van der Waals surface area contributed by atoms with Crippen molar-refractivity contribution in [1.29, 1.82) is 0 Å². The zero-order valence-corrected chi connectivity index (χ0v) is 10.5. The number of aromatic nitrogens is 4. The number of aryl methyl sites for hydroxylation is 1. The largest absolute Gasteiger partial charge is 0.504 e. The van der Waals surface area contributed by atoms with Gasteiger partial charge in [-0.1, -0.05) is 5.16 Å². The van der Waals surface area contributed by atoms with Gasteiger partial charge in [-0.25, -0.2) is 9.97 Å². The van der Waals surface area contributed by atoms with Gasteiger partial charge in [0.1, 0.15) is 0 Å². The Bertz CT molecular complexity index is 753. The van der Waals surface area contributed by atoms with Crippen molar-refractivity contribution < 1.29 is 14.7 Å². The molecule has 0 radical (unpaired) electrons. The van der Waals surface area contributed by atoms with E-state index in [4.69, 9.17) is 4.52 Å². The molecule has 0 saturated heterocycles. The molecule has 0 aliphatic carbocycles. The van der Waals surface area contributed by atoms with Gasteiger partial charge in [0.05, 0.1) is 0 Å². The molecule has 0 bridgehead atoms. The van der Waals surface area contributed by atoms with Crippen molar-refractivity contribution >= 4 is 0 Å². The molecule has 2 heterocycles. The van der Waals surface area contributed by atoms with Crippen molar-refractivity contribution in [2.75, 3.05) is 0 Å². The number of rotatable bonds is 2. The molecule has 0 unspecified atom stereocenters. The molecule has 1 aromatic carbocycles.